The fourth-order valence-corrected chi connectivity index (χ4v) is 0.838. The van der Waals surface area contributed by atoms with Crippen LogP contribution in [0.5, 0.6) is 0 Å². The Bertz CT molecular complexity index is 163. The molecule has 0 spiro atoms. The zero-order valence-electron chi connectivity index (χ0n) is 7.92. The Morgan fingerprint density at radius 1 is 1.42 bits per heavy atom. The van der Waals surface area contributed by atoms with Gasteiger partial charge in [0.2, 0.25) is 0 Å². The Labute approximate surface area is 73.1 Å². The van der Waals surface area contributed by atoms with Crippen LogP contribution in [-0.2, 0) is 14.3 Å². The molecule has 0 aromatic rings. The standard InChI is InChI=1S/C9H16O3/c1-4-7(2)5-8(10)6-9(11)12-3/h7H,4-6H2,1-3H3/t7-/m0/s1. The Morgan fingerprint density at radius 2 is 2.00 bits per heavy atom. The first-order valence-corrected chi connectivity index (χ1v) is 4.18. The van der Waals surface area contributed by atoms with Gasteiger partial charge in [0.15, 0.2) is 0 Å². The average Bonchev–Trinajstić information content (AvgIpc) is 2.03. The summed E-state index contributed by atoms with van der Waals surface area (Å²) in [5.74, 6) is -0.110. The van der Waals surface area contributed by atoms with E-state index in [1.54, 1.807) is 0 Å². The molecule has 0 aliphatic carbocycles. The van der Waals surface area contributed by atoms with Crippen LogP contribution in [-0.4, -0.2) is 18.9 Å². The lowest BCUT2D eigenvalue weighted by atomic mass is 10.0. The van der Waals surface area contributed by atoms with Gasteiger partial charge in [-0.3, -0.25) is 9.59 Å². The Balaban J connectivity index is 3.66. The molecular weight excluding hydrogens is 156 g/mol. The summed E-state index contributed by atoms with van der Waals surface area (Å²) < 4.78 is 4.38. The molecule has 0 unspecified atom stereocenters. The van der Waals surface area contributed by atoms with Gasteiger partial charge in [0, 0.05) is 6.42 Å². The molecule has 0 saturated heterocycles. The average molecular weight is 172 g/mol. The number of ether oxygens (including phenoxy) is 1. The van der Waals surface area contributed by atoms with Crippen molar-refractivity contribution in [2.75, 3.05) is 7.11 Å². The van der Waals surface area contributed by atoms with Crippen molar-refractivity contribution in [3.05, 3.63) is 0 Å². The SMILES string of the molecule is CC[C@H](C)CC(=O)CC(=O)OC. The maximum atomic E-state index is 11.1. The summed E-state index contributed by atoms with van der Waals surface area (Å²) in [6.45, 7) is 4.02. The summed E-state index contributed by atoms with van der Waals surface area (Å²) in [4.78, 5) is 21.7. The lowest BCUT2D eigenvalue weighted by Crippen LogP contribution is -2.11. The summed E-state index contributed by atoms with van der Waals surface area (Å²) in [6.07, 6.45) is 1.36. The van der Waals surface area contributed by atoms with Crippen molar-refractivity contribution in [1.82, 2.24) is 0 Å². The van der Waals surface area contributed by atoms with Crippen molar-refractivity contribution in [3.8, 4) is 0 Å². The summed E-state index contributed by atoms with van der Waals surface area (Å²) in [6, 6.07) is 0. The van der Waals surface area contributed by atoms with Gasteiger partial charge in [-0.15, -0.1) is 0 Å². The molecule has 0 heterocycles. The van der Waals surface area contributed by atoms with E-state index in [4.69, 9.17) is 0 Å². The first kappa shape index (κ1) is 11.1. The predicted molar refractivity (Wildman–Crippen MR) is 45.7 cm³/mol. The van der Waals surface area contributed by atoms with Crippen LogP contribution in [0, 0.1) is 5.92 Å². The molecule has 3 heteroatoms. The first-order valence-electron chi connectivity index (χ1n) is 4.18. The zero-order valence-corrected chi connectivity index (χ0v) is 7.92. The lowest BCUT2D eigenvalue weighted by molar-refractivity contribution is -0.143. The number of hydrogen-bond donors (Lipinski definition) is 0. The van der Waals surface area contributed by atoms with Gasteiger partial charge in [-0.1, -0.05) is 20.3 Å². The van der Waals surface area contributed by atoms with E-state index in [9.17, 15) is 9.59 Å². The van der Waals surface area contributed by atoms with E-state index < -0.39 is 5.97 Å². The maximum absolute atomic E-state index is 11.1. The molecule has 0 saturated carbocycles. The second kappa shape index (κ2) is 5.75. The maximum Gasteiger partial charge on any atom is 0.313 e. The van der Waals surface area contributed by atoms with E-state index in [0.717, 1.165) is 6.42 Å². The molecule has 0 N–H and O–H groups in total. The number of carbonyl (C=O) groups is 2. The molecule has 0 bridgehead atoms. The zero-order chi connectivity index (χ0) is 9.56. The largest absolute Gasteiger partial charge is 0.469 e. The highest BCUT2D eigenvalue weighted by atomic mass is 16.5. The van der Waals surface area contributed by atoms with Gasteiger partial charge in [0.05, 0.1) is 7.11 Å². The highest BCUT2D eigenvalue weighted by Gasteiger charge is 2.11. The van der Waals surface area contributed by atoms with Gasteiger partial charge in [0.1, 0.15) is 12.2 Å². The fraction of sp³-hybridized carbons (Fsp3) is 0.778. The van der Waals surface area contributed by atoms with Crippen molar-refractivity contribution in [1.29, 1.82) is 0 Å². The molecular formula is C9H16O3. The van der Waals surface area contributed by atoms with Crippen molar-refractivity contribution in [2.24, 2.45) is 5.92 Å². The quantitative estimate of drug-likeness (QED) is 0.467. The summed E-state index contributed by atoms with van der Waals surface area (Å²) in [5, 5.41) is 0. The highest BCUT2D eigenvalue weighted by molar-refractivity contribution is 5.95. The molecule has 0 radical (unpaired) electrons. The van der Waals surface area contributed by atoms with E-state index in [0.29, 0.717) is 12.3 Å². The molecule has 12 heavy (non-hydrogen) atoms. The highest BCUT2D eigenvalue weighted by Crippen LogP contribution is 2.08. The number of ketones is 1. The van der Waals surface area contributed by atoms with Gasteiger partial charge in [-0.25, -0.2) is 0 Å². The Morgan fingerprint density at radius 3 is 2.42 bits per heavy atom. The van der Waals surface area contributed by atoms with Crippen molar-refractivity contribution < 1.29 is 14.3 Å². The number of methoxy groups -OCH3 is 1. The topological polar surface area (TPSA) is 43.4 Å². The molecule has 3 nitrogen and oxygen atoms in total. The summed E-state index contributed by atoms with van der Waals surface area (Å²) >= 11 is 0. The van der Waals surface area contributed by atoms with E-state index in [2.05, 4.69) is 4.74 Å². The van der Waals surface area contributed by atoms with Crippen molar-refractivity contribution >= 4 is 11.8 Å². The molecule has 1 atom stereocenters. The van der Waals surface area contributed by atoms with Crippen LogP contribution < -0.4 is 0 Å². The van der Waals surface area contributed by atoms with Gasteiger partial charge >= 0.3 is 5.97 Å². The van der Waals surface area contributed by atoms with Gasteiger partial charge in [0.25, 0.3) is 0 Å². The fourth-order valence-electron chi connectivity index (χ4n) is 0.838. The third kappa shape index (κ3) is 4.88. The molecule has 0 rings (SSSR count). The van der Waals surface area contributed by atoms with Gasteiger partial charge < -0.3 is 4.74 Å². The number of carbonyl (C=O) groups excluding carboxylic acids is 2. The van der Waals surface area contributed by atoms with Gasteiger partial charge in [-0.05, 0) is 5.92 Å². The van der Waals surface area contributed by atoms with Crippen molar-refractivity contribution in [3.63, 3.8) is 0 Å². The van der Waals surface area contributed by atoms with Crippen LogP contribution >= 0.6 is 0 Å². The smallest absolute Gasteiger partial charge is 0.313 e. The number of hydrogen-bond acceptors (Lipinski definition) is 3. The van der Waals surface area contributed by atoms with E-state index in [1.807, 2.05) is 13.8 Å². The number of esters is 1. The van der Waals surface area contributed by atoms with E-state index >= 15 is 0 Å². The molecule has 70 valence electrons. The third-order valence-electron chi connectivity index (χ3n) is 1.84. The minimum absolute atomic E-state index is 0.0313. The molecule has 0 aliphatic rings. The predicted octanol–water partition coefficient (Wildman–Crippen LogP) is 1.55. The summed E-state index contributed by atoms with van der Waals surface area (Å²) in [5.41, 5.74) is 0. The van der Waals surface area contributed by atoms with E-state index in [-0.39, 0.29) is 12.2 Å². The second-order valence-corrected chi connectivity index (χ2v) is 3.01. The van der Waals surface area contributed by atoms with Crippen LogP contribution in [0.25, 0.3) is 0 Å². The molecule has 0 aromatic heterocycles. The van der Waals surface area contributed by atoms with Crippen LogP contribution in [0.3, 0.4) is 0 Å². The minimum atomic E-state index is -0.441. The number of rotatable bonds is 5. The molecule has 0 aromatic carbocycles. The first-order chi connectivity index (χ1) is 5.60. The van der Waals surface area contributed by atoms with Crippen LogP contribution in [0.4, 0.5) is 0 Å². The molecule has 0 fully saturated rings. The third-order valence-corrected chi connectivity index (χ3v) is 1.84. The van der Waals surface area contributed by atoms with Crippen LogP contribution in [0.2, 0.25) is 0 Å². The summed E-state index contributed by atoms with van der Waals surface area (Å²) in [7, 11) is 1.29. The van der Waals surface area contributed by atoms with Gasteiger partial charge in [-0.2, -0.15) is 0 Å². The Hall–Kier alpha value is -0.860. The second-order valence-electron chi connectivity index (χ2n) is 3.01. The lowest BCUT2D eigenvalue weighted by Gasteiger charge is -2.05. The monoisotopic (exact) mass is 172 g/mol. The normalized spacial score (nSPS) is 12.2. The van der Waals surface area contributed by atoms with Crippen LogP contribution in [0.1, 0.15) is 33.1 Å². The minimum Gasteiger partial charge on any atom is -0.469 e. The van der Waals surface area contributed by atoms with E-state index in [1.165, 1.54) is 7.11 Å². The molecule has 0 aliphatic heterocycles. The van der Waals surface area contributed by atoms with Crippen LogP contribution in [0.15, 0.2) is 0 Å². The number of Topliss-reactive ketones (excluding diaryl/α,β-unsaturated/α-hetero) is 1. The van der Waals surface area contributed by atoms with Crippen molar-refractivity contribution in [2.45, 2.75) is 33.1 Å². The molecule has 0 amide bonds. The Kier molecular flexibility index (Phi) is 5.34.